The van der Waals surface area contributed by atoms with Crippen LogP contribution in [-0.4, -0.2) is 39.1 Å². The number of H-pyrrole nitrogens is 1. The number of ether oxygens (including phenoxy) is 2. The Morgan fingerprint density at radius 1 is 1.23 bits per heavy atom. The number of aromatic hydroxyl groups is 1. The first kappa shape index (κ1) is 25.2. The van der Waals surface area contributed by atoms with Gasteiger partial charge < -0.3 is 24.9 Å². The molecule has 1 heterocycles. The third-order valence-electron chi connectivity index (χ3n) is 4.58. The van der Waals surface area contributed by atoms with Crippen LogP contribution in [0.1, 0.15) is 23.9 Å². The predicted molar refractivity (Wildman–Crippen MR) is 130 cm³/mol. The highest BCUT2D eigenvalue weighted by Crippen LogP contribution is 2.29. The van der Waals surface area contributed by atoms with Crippen molar-refractivity contribution in [3.05, 3.63) is 78.8 Å². The monoisotopic (exact) mass is 500 g/mol. The third-order valence-corrected chi connectivity index (χ3v) is 5.00. The van der Waals surface area contributed by atoms with E-state index < -0.39 is 22.0 Å². The summed E-state index contributed by atoms with van der Waals surface area (Å²) < 4.78 is 11.2. The second-order valence-electron chi connectivity index (χ2n) is 7.15. The number of aryl methyl sites for hydroxylation is 1. The van der Waals surface area contributed by atoms with Crippen molar-refractivity contribution in [1.82, 2.24) is 9.97 Å². The van der Waals surface area contributed by atoms with E-state index >= 15 is 0 Å². The second-order valence-corrected chi connectivity index (χ2v) is 7.56. The van der Waals surface area contributed by atoms with Gasteiger partial charge in [-0.1, -0.05) is 23.7 Å². The lowest BCUT2D eigenvalue weighted by atomic mass is 10.2. The maximum Gasteiger partial charge on any atom is 0.395 e. The topological polar surface area (TPSA) is 157 Å². The van der Waals surface area contributed by atoms with Crippen LogP contribution in [0.2, 0.25) is 5.02 Å². The molecule has 0 fully saturated rings. The zero-order chi connectivity index (χ0) is 25.5. The van der Waals surface area contributed by atoms with E-state index in [2.05, 4.69) is 15.3 Å². The average Bonchev–Trinajstić information content (AvgIpc) is 2.79. The highest BCUT2D eigenvalue weighted by atomic mass is 35.5. The maximum absolute atomic E-state index is 12.3. The zero-order valence-corrected chi connectivity index (χ0v) is 19.5. The van der Waals surface area contributed by atoms with Crippen molar-refractivity contribution in [1.29, 1.82) is 0 Å². The first-order chi connectivity index (χ1) is 16.7. The number of hydrogen-bond acceptors (Lipinski definition) is 8. The highest BCUT2D eigenvalue weighted by molar-refractivity contribution is 6.31. The molecule has 3 rings (SSSR count). The van der Waals surface area contributed by atoms with Crippen molar-refractivity contribution < 1.29 is 24.3 Å². The molecule has 0 aliphatic carbocycles. The fourth-order valence-electron chi connectivity index (χ4n) is 2.97. The van der Waals surface area contributed by atoms with Crippen molar-refractivity contribution >= 4 is 41.0 Å². The smallest absolute Gasteiger partial charge is 0.395 e. The molecule has 1 amide bonds. The van der Waals surface area contributed by atoms with E-state index in [1.807, 2.05) is 6.92 Å². The summed E-state index contributed by atoms with van der Waals surface area (Å²) in [7, 11) is 0. The standard InChI is InChI=1S/C23H21ClN4O7/c1-3-34-18-11-14(5-9-19-26-22(30)21(28(32)33)23(31)27-19)4-8-17(18)35-12-20(29)25-15-6-7-16(24)13(2)10-15/h4-11H,3,12H2,1-2H3,(H,25,29)(H2,26,27,30,31)/b9-5+. The van der Waals surface area contributed by atoms with Gasteiger partial charge in [0.1, 0.15) is 5.82 Å². The Morgan fingerprint density at radius 3 is 2.66 bits per heavy atom. The van der Waals surface area contributed by atoms with Gasteiger partial charge in [0.2, 0.25) is 0 Å². The maximum atomic E-state index is 12.3. The van der Waals surface area contributed by atoms with Crippen molar-refractivity contribution in [3.63, 3.8) is 0 Å². The summed E-state index contributed by atoms with van der Waals surface area (Å²) in [4.78, 5) is 39.6. The molecule has 0 saturated heterocycles. The Labute approximate surface area is 204 Å². The summed E-state index contributed by atoms with van der Waals surface area (Å²) in [5.74, 6) is -0.718. The van der Waals surface area contributed by atoms with Crippen LogP contribution in [-0.2, 0) is 4.79 Å². The Morgan fingerprint density at radius 2 is 2.00 bits per heavy atom. The summed E-state index contributed by atoms with van der Waals surface area (Å²) in [5, 5.41) is 23.7. The minimum absolute atomic E-state index is 0.0782. The van der Waals surface area contributed by atoms with Crippen LogP contribution in [0.5, 0.6) is 17.4 Å². The molecule has 0 radical (unpaired) electrons. The molecule has 3 N–H and O–H groups in total. The van der Waals surface area contributed by atoms with Crippen LogP contribution in [0.4, 0.5) is 11.4 Å². The number of aromatic nitrogens is 2. The number of carbonyl (C=O) groups excluding carboxylic acids is 1. The van der Waals surface area contributed by atoms with Crippen LogP contribution >= 0.6 is 11.6 Å². The first-order valence-corrected chi connectivity index (χ1v) is 10.7. The SMILES string of the molecule is CCOc1cc(/C=C/c2nc(O)c([N+](=O)[O-])c(=O)[nH]2)ccc1OCC(=O)Nc1ccc(Cl)c(C)c1. The number of nitrogens with one attached hydrogen (secondary N) is 2. The Balaban J connectivity index is 1.71. The van der Waals surface area contributed by atoms with Gasteiger partial charge in [-0.15, -0.1) is 0 Å². The van der Waals surface area contributed by atoms with E-state index in [9.17, 15) is 24.8 Å². The molecule has 0 atom stereocenters. The van der Waals surface area contributed by atoms with Gasteiger partial charge >= 0.3 is 11.2 Å². The molecule has 0 unspecified atom stereocenters. The Kier molecular flexibility index (Phi) is 8.05. The molecule has 11 nitrogen and oxygen atoms in total. The summed E-state index contributed by atoms with van der Waals surface area (Å²) in [5.41, 5.74) is -0.0707. The molecule has 0 bridgehead atoms. The van der Waals surface area contributed by atoms with Crippen LogP contribution in [0.25, 0.3) is 12.2 Å². The fraction of sp³-hybridized carbons (Fsp3) is 0.174. The van der Waals surface area contributed by atoms with Gasteiger partial charge in [0.25, 0.3) is 11.8 Å². The molecule has 12 heteroatoms. The van der Waals surface area contributed by atoms with Crippen molar-refractivity contribution in [2.75, 3.05) is 18.5 Å². The quantitative estimate of drug-likeness (QED) is 0.294. The lowest BCUT2D eigenvalue weighted by Gasteiger charge is -2.13. The van der Waals surface area contributed by atoms with Gasteiger partial charge in [0.15, 0.2) is 18.1 Å². The van der Waals surface area contributed by atoms with Crippen molar-refractivity contribution in [2.24, 2.45) is 0 Å². The number of nitrogens with zero attached hydrogens (tertiary/aromatic N) is 2. The third kappa shape index (κ3) is 6.58. The number of carbonyl (C=O) groups is 1. The number of halogens is 1. The van der Waals surface area contributed by atoms with Gasteiger partial charge in [-0.3, -0.25) is 19.7 Å². The normalized spacial score (nSPS) is 10.8. The summed E-state index contributed by atoms with van der Waals surface area (Å²) in [6, 6.07) is 10.0. The molecule has 0 saturated carbocycles. The summed E-state index contributed by atoms with van der Waals surface area (Å²) in [6.07, 6.45) is 2.91. The number of nitro groups is 1. The number of hydrogen-bond donors (Lipinski definition) is 3. The Bertz CT molecular complexity index is 1350. The molecule has 0 aliphatic rings. The van der Waals surface area contributed by atoms with Gasteiger partial charge in [-0.25, -0.2) is 0 Å². The fourth-order valence-corrected chi connectivity index (χ4v) is 3.09. The molecule has 2 aromatic carbocycles. The molecule has 0 spiro atoms. The number of benzene rings is 2. The van der Waals surface area contributed by atoms with Crippen LogP contribution < -0.4 is 20.3 Å². The largest absolute Gasteiger partial charge is 0.490 e. The summed E-state index contributed by atoms with van der Waals surface area (Å²) >= 11 is 6.00. The van der Waals surface area contributed by atoms with Crippen LogP contribution in [0.15, 0.2) is 41.2 Å². The molecular weight excluding hydrogens is 480 g/mol. The average molecular weight is 501 g/mol. The Hall–Kier alpha value is -4.38. The zero-order valence-electron chi connectivity index (χ0n) is 18.7. The first-order valence-electron chi connectivity index (χ1n) is 10.3. The number of amides is 1. The molecule has 35 heavy (non-hydrogen) atoms. The lowest BCUT2D eigenvalue weighted by molar-refractivity contribution is -0.387. The highest BCUT2D eigenvalue weighted by Gasteiger charge is 2.21. The predicted octanol–water partition coefficient (Wildman–Crippen LogP) is 3.93. The second kappa shape index (κ2) is 11.2. The molecule has 182 valence electrons. The minimum Gasteiger partial charge on any atom is -0.490 e. The van der Waals surface area contributed by atoms with E-state index in [4.69, 9.17) is 21.1 Å². The van der Waals surface area contributed by atoms with E-state index in [-0.39, 0.29) is 18.3 Å². The molecule has 0 aliphatic heterocycles. The summed E-state index contributed by atoms with van der Waals surface area (Å²) in [6.45, 7) is 3.70. The van der Waals surface area contributed by atoms with Gasteiger partial charge in [0.05, 0.1) is 11.5 Å². The van der Waals surface area contributed by atoms with Crippen LogP contribution in [0, 0.1) is 17.0 Å². The van der Waals surface area contributed by atoms with Crippen LogP contribution in [0.3, 0.4) is 0 Å². The van der Waals surface area contributed by atoms with E-state index in [1.165, 1.54) is 6.08 Å². The van der Waals surface area contributed by atoms with E-state index in [0.717, 1.165) is 5.56 Å². The number of rotatable bonds is 9. The molecular formula is C23H21ClN4O7. The minimum atomic E-state index is -1.08. The van der Waals surface area contributed by atoms with E-state index in [0.29, 0.717) is 34.4 Å². The lowest BCUT2D eigenvalue weighted by Crippen LogP contribution is -2.20. The van der Waals surface area contributed by atoms with Gasteiger partial charge in [-0.2, -0.15) is 4.98 Å². The van der Waals surface area contributed by atoms with Gasteiger partial charge in [0, 0.05) is 10.7 Å². The van der Waals surface area contributed by atoms with Crippen molar-refractivity contribution in [3.8, 4) is 17.4 Å². The van der Waals surface area contributed by atoms with E-state index in [1.54, 1.807) is 49.4 Å². The molecule has 3 aromatic rings. The van der Waals surface area contributed by atoms with Gasteiger partial charge in [-0.05, 0) is 61.4 Å². The van der Waals surface area contributed by atoms with Crippen molar-refractivity contribution in [2.45, 2.75) is 13.8 Å². The number of aromatic amines is 1. The number of anilines is 1. The molecule has 1 aromatic heterocycles.